The lowest BCUT2D eigenvalue weighted by molar-refractivity contribution is 0.0983. The molecule has 1 fully saturated rings. The lowest BCUT2D eigenvalue weighted by Gasteiger charge is -2.31. The molecule has 0 aliphatic carbocycles. The maximum Gasteiger partial charge on any atom is 0.409 e. The van der Waals surface area contributed by atoms with E-state index in [2.05, 4.69) is 44.8 Å². The summed E-state index contributed by atoms with van der Waals surface area (Å²) in [6, 6.07) is 0.233. The molecular weight excluding hydrogens is 322 g/mol. The van der Waals surface area contributed by atoms with Crippen LogP contribution in [0.4, 0.5) is 16.6 Å². The number of rotatable bonds is 8. The Morgan fingerprint density at radius 1 is 1.40 bits per heavy atom. The van der Waals surface area contributed by atoms with Crippen LogP contribution in [0.1, 0.15) is 26.2 Å². The number of likely N-dealkylation sites (tertiary alicyclic amines) is 1. The number of piperidine rings is 1. The summed E-state index contributed by atoms with van der Waals surface area (Å²) < 4.78 is 5.03. The molecule has 9 heteroatoms. The van der Waals surface area contributed by atoms with E-state index in [1.54, 1.807) is 11.1 Å². The summed E-state index contributed by atoms with van der Waals surface area (Å²) in [5.41, 5.74) is 0. The zero-order chi connectivity index (χ0) is 18.1. The molecule has 25 heavy (non-hydrogen) atoms. The highest BCUT2D eigenvalue weighted by Gasteiger charge is 2.24. The van der Waals surface area contributed by atoms with Crippen molar-refractivity contribution >= 4 is 17.9 Å². The third kappa shape index (κ3) is 6.69. The molecule has 1 aromatic rings. The average molecular weight is 351 g/mol. The molecule has 2 N–H and O–H groups in total. The first kappa shape index (κ1) is 19.2. The van der Waals surface area contributed by atoms with Crippen LogP contribution in [-0.4, -0.2) is 84.0 Å². The number of aromatic nitrogens is 3. The van der Waals surface area contributed by atoms with Gasteiger partial charge in [-0.15, -0.1) is 5.10 Å². The zero-order valence-electron chi connectivity index (χ0n) is 15.4. The third-order valence-electron chi connectivity index (χ3n) is 4.00. The Kier molecular flexibility index (Phi) is 7.65. The van der Waals surface area contributed by atoms with E-state index in [9.17, 15) is 4.79 Å². The summed E-state index contributed by atoms with van der Waals surface area (Å²) in [5.74, 6) is 1.24. The Balaban J connectivity index is 1.76. The summed E-state index contributed by atoms with van der Waals surface area (Å²) in [5, 5.41) is 14.6. The molecule has 1 aromatic heterocycles. The summed E-state index contributed by atoms with van der Waals surface area (Å²) in [4.78, 5) is 20.1. The van der Waals surface area contributed by atoms with E-state index in [-0.39, 0.29) is 12.1 Å². The predicted octanol–water partition coefficient (Wildman–Crippen LogP) is 1.27. The molecule has 0 spiro atoms. The van der Waals surface area contributed by atoms with Crippen molar-refractivity contribution in [2.45, 2.75) is 32.2 Å². The molecule has 0 bridgehead atoms. The van der Waals surface area contributed by atoms with E-state index < -0.39 is 0 Å². The maximum absolute atomic E-state index is 11.7. The zero-order valence-corrected chi connectivity index (χ0v) is 15.4. The van der Waals surface area contributed by atoms with Gasteiger partial charge in [0.25, 0.3) is 0 Å². The van der Waals surface area contributed by atoms with Gasteiger partial charge in [-0.1, -0.05) is 0 Å². The molecule has 140 valence electrons. The van der Waals surface area contributed by atoms with E-state index in [4.69, 9.17) is 4.74 Å². The lowest BCUT2D eigenvalue weighted by atomic mass is 10.1. The highest BCUT2D eigenvalue weighted by Crippen LogP contribution is 2.15. The van der Waals surface area contributed by atoms with Crippen LogP contribution in [0.3, 0.4) is 0 Å². The summed E-state index contributed by atoms with van der Waals surface area (Å²) >= 11 is 0. The molecule has 1 aliphatic heterocycles. The second-order valence-corrected chi connectivity index (χ2v) is 6.35. The number of anilines is 2. The Labute approximate surface area is 149 Å². The van der Waals surface area contributed by atoms with Crippen molar-refractivity contribution in [3.8, 4) is 0 Å². The molecule has 0 saturated carbocycles. The monoisotopic (exact) mass is 351 g/mol. The fourth-order valence-corrected chi connectivity index (χ4v) is 2.67. The highest BCUT2D eigenvalue weighted by molar-refractivity contribution is 5.67. The van der Waals surface area contributed by atoms with Crippen molar-refractivity contribution in [3.63, 3.8) is 0 Å². The Morgan fingerprint density at radius 3 is 2.84 bits per heavy atom. The SMILES string of the molecule is CCOC(=O)N1CCC(Nc2nncc(NCCCN(C)C)n2)CC1. The first-order valence-corrected chi connectivity index (χ1v) is 8.85. The second-order valence-electron chi connectivity index (χ2n) is 6.35. The minimum Gasteiger partial charge on any atom is -0.450 e. The second kappa shape index (κ2) is 9.97. The van der Waals surface area contributed by atoms with Gasteiger partial charge in [0.15, 0.2) is 5.82 Å². The van der Waals surface area contributed by atoms with Crippen LogP contribution in [0.15, 0.2) is 6.20 Å². The van der Waals surface area contributed by atoms with Crippen LogP contribution >= 0.6 is 0 Å². The minimum absolute atomic E-state index is 0.233. The number of hydrogen-bond donors (Lipinski definition) is 2. The van der Waals surface area contributed by atoms with Crippen LogP contribution in [0.2, 0.25) is 0 Å². The molecule has 9 nitrogen and oxygen atoms in total. The number of carbonyl (C=O) groups excluding carboxylic acids is 1. The van der Waals surface area contributed by atoms with Crippen molar-refractivity contribution < 1.29 is 9.53 Å². The number of amides is 1. The Morgan fingerprint density at radius 2 is 2.16 bits per heavy atom. The molecule has 0 radical (unpaired) electrons. The predicted molar refractivity (Wildman–Crippen MR) is 96.7 cm³/mol. The molecule has 2 rings (SSSR count). The van der Waals surface area contributed by atoms with Gasteiger partial charge in [-0.25, -0.2) is 4.79 Å². The van der Waals surface area contributed by atoms with Crippen LogP contribution < -0.4 is 10.6 Å². The van der Waals surface area contributed by atoms with Crippen molar-refractivity contribution in [2.24, 2.45) is 0 Å². The topological polar surface area (TPSA) is 95.5 Å². The lowest BCUT2D eigenvalue weighted by Crippen LogP contribution is -2.42. The highest BCUT2D eigenvalue weighted by atomic mass is 16.6. The van der Waals surface area contributed by atoms with Gasteiger partial charge >= 0.3 is 6.09 Å². The summed E-state index contributed by atoms with van der Waals surface area (Å²) in [6.45, 7) is 5.44. The standard InChI is InChI=1S/C16H29N7O2/c1-4-25-16(24)23-10-6-13(7-11-23)19-15-20-14(12-18-21-15)17-8-5-9-22(2)3/h12-13H,4-11H2,1-3H3,(H2,17,19,20,21). The molecule has 2 heterocycles. The van der Waals surface area contributed by atoms with Gasteiger partial charge in [-0.3, -0.25) is 0 Å². The largest absolute Gasteiger partial charge is 0.450 e. The Bertz CT molecular complexity index is 533. The van der Waals surface area contributed by atoms with Gasteiger partial charge in [0, 0.05) is 25.7 Å². The number of nitrogens with zero attached hydrogens (tertiary/aromatic N) is 5. The first-order chi connectivity index (χ1) is 12.1. The Hall–Kier alpha value is -2.16. The van der Waals surface area contributed by atoms with Crippen LogP contribution in [0.25, 0.3) is 0 Å². The van der Waals surface area contributed by atoms with E-state index in [0.29, 0.717) is 25.6 Å². The van der Waals surface area contributed by atoms with Crippen molar-refractivity contribution in [3.05, 3.63) is 6.20 Å². The van der Waals surface area contributed by atoms with Gasteiger partial charge in [0.05, 0.1) is 12.8 Å². The molecule has 0 unspecified atom stereocenters. The van der Waals surface area contributed by atoms with Crippen molar-refractivity contribution in [2.75, 3.05) is 57.5 Å². The molecule has 0 atom stereocenters. The molecule has 1 aliphatic rings. The number of nitrogens with one attached hydrogen (secondary N) is 2. The summed E-state index contributed by atoms with van der Waals surface area (Å²) in [7, 11) is 4.11. The fourth-order valence-electron chi connectivity index (χ4n) is 2.67. The van der Waals surface area contributed by atoms with Crippen LogP contribution in [0.5, 0.6) is 0 Å². The van der Waals surface area contributed by atoms with Crippen LogP contribution in [-0.2, 0) is 4.74 Å². The molecular formula is C16H29N7O2. The fraction of sp³-hybridized carbons (Fsp3) is 0.750. The van der Waals surface area contributed by atoms with Gasteiger partial charge in [-0.2, -0.15) is 10.1 Å². The normalized spacial score (nSPS) is 15.3. The third-order valence-corrected chi connectivity index (χ3v) is 4.00. The molecule has 1 amide bonds. The van der Waals surface area contributed by atoms with Crippen molar-refractivity contribution in [1.82, 2.24) is 25.0 Å². The molecule has 1 saturated heterocycles. The number of carbonyl (C=O) groups is 1. The smallest absolute Gasteiger partial charge is 0.409 e. The van der Waals surface area contributed by atoms with E-state index in [0.717, 1.165) is 38.2 Å². The number of ether oxygens (including phenoxy) is 1. The first-order valence-electron chi connectivity index (χ1n) is 8.85. The maximum atomic E-state index is 11.7. The van der Waals surface area contributed by atoms with Gasteiger partial charge < -0.3 is 25.2 Å². The average Bonchev–Trinajstić information content (AvgIpc) is 2.60. The summed E-state index contributed by atoms with van der Waals surface area (Å²) in [6.07, 6.45) is 4.10. The quantitative estimate of drug-likeness (QED) is 0.676. The van der Waals surface area contributed by atoms with Gasteiger partial charge in [0.2, 0.25) is 5.95 Å². The van der Waals surface area contributed by atoms with Gasteiger partial charge in [-0.05, 0) is 46.8 Å². The number of hydrogen-bond acceptors (Lipinski definition) is 8. The van der Waals surface area contributed by atoms with E-state index in [1.807, 2.05) is 6.92 Å². The minimum atomic E-state index is -0.234. The molecule has 0 aromatic carbocycles. The van der Waals surface area contributed by atoms with E-state index >= 15 is 0 Å². The van der Waals surface area contributed by atoms with Gasteiger partial charge in [0.1, 0.15) is 0 Å². The van der Waals surface area contributed by atoms with E-state index in [1.165, 1.54) is 0 Å². The van der Waals surface area contributed by atoms with Crippen molar-refractivity contribution in [1.29, 1.82) is 0 Å². The van der Waals surface area contributed by atoms with Crippen LogP contribution in [0, 0.1) is 0 Å².